The van der Waals surface area contributed by atoms with Crippen LogP contribution in [0.2, 0.25) is 0 Å². The molecular formula is C21H23N3O4. The van der Waals surface area contributed by atoms with Crippen molar-refractivity contribution in [2.75, 3.05) is 24.7 Å². The fourth-order valence-electron chi connectivity index (χ4n) is 3.34. The van der Waals surface area contributed by atoms with E-state index in [4.69, 9.17) is 9.47 Å². The number of carbonyl (C=O) groups is 2. The number of benzene rings is 2. The van der Waals surface area contributed by atoms with E-state index in [2.05, 4.69) is 10.6 Å². The third kappa shape index (κ3) is 4.19. The van der Waals surface area contributed by atoms with Crippen molar-refractivity contribution >= 4 is 17.6 Å². The van der Waals surface area contributed by atoms with Crippen LogP contribution in [0.5, 0.6) is 11.5 Å². The van der Waals surface area contributed by atoms with Crippen molar-refractivity contribution < 1.29 is 19.1 Å². The summed E-state index contributed by atoms with van der Waals surface area (Å²) in [5.41, 5.74) is 2.83. The minimum Gasteiger partial charge on any atom is -0.486 e. The van der Waals surface area contributed by atoms with Crippen LogP contribution in [0.1, 0.15) is 24.0 Å². The van der Waals surface area contributed by atoms with Gasteiger partial charge in [-0.2, -0.15) is 0 Å². The Balaban J connectivity index is 1.25. The molecule has 0 atom stereocenters. The van der Waals surface area contributed by atoms with Crippen LogP contribution in [0.3, 0.4) is 0 Å². The number of ether oxygens (including phenoxy) is 2. The Kier molecular flexibility index (Phi) is 5.32. The maximum atomic E-state index is 12.1. The largest absolute Gasteiger partial charge is 0.486 e. The van der Waals surface area contributed by atoms with Gasteiger partial charge >= 0.3 is 6.03 Å². The number of nitrogens with zero attached hydrogens (tertiary/aromatic N) is 1. The maximum absolute atomic E-state index is 12.1. The molecular weight excluding hydrogens is 358 g/mol. The second-order valence-electron chi connectivity index (χ2n) is 6.83. The highest BCUT2D eigenvalue weighted by Gasteiger charge is 2.21. The van der Waals surface area contributed by atoms with Gasteiger partial charge < -0.3 is 25.0 Å². The number of hydrogen-bond donors (Lipinski definition) is 2. The molecule has 0 bridgehead atoms. The Morgan fingerprint density at radius 3 is 2.32 bits per heavy atom. The van der Waals surface area contributed by atoms with Gasteiger partial charge in [-0.1, -0.05) is 18.2 Å². The summed E-state index contributed by atoms with van der Waals surface area (Å²) in [7, 11) is 0. The van der Waals surface area contributed by atoms with Crippen LogP contribution in [0, 0.1) is 0 Å². The normalized spacial score (nSPS) is 15.4. The lowest BCUT2D eigenvalue weighted by Crippen LogP contribution is -2.34. The van der Waals surface area contributed by atoms with E-state index in [1.54, 1.807) is 4.90 Å². The number of rotatable bonds is 5. The fraction of sp³-hybridized carbons (Fsp3) is 0.333. The summed E-state index contributed by atoms with van der Waals surface area (Å²) >= 11 is 0. The van der Waals surface area contributed by atoms with Crippen LogP contribution in [-0.2, 0) is 17.9 Å². The number of hydrogen-bond acceptors (Lipinski definition) is 4. The molecule has 0 saturated carbocycles. The second kappa shape index (κ2) is 8.21. The van der Waals surface area contributed by atoms with Crippen LogP contribution in [0.15, 0.2) is 42.5 Å². The Morgan fingerprint density at radius 2 is 1.61 bits per heavy atom. The molecule has 146 valence electrons. The van der Waals surface area contributed by atoms with E-state index in [1.165, 1.54) is 0 Å². The standard InChI is InChI=1S/C21H23N3O4/c25-20-2-1-9-24(20)17-6-3-15(4-7-17)13-22-21(26)23-14-16-5-8-18-19(12-16)28-11-10-27-18/h3-8,12H,1-2,9-11,13-14H2,(H2,22,23,26). The molecule has 0 aromatic heterocycles. The predicted molar refractivity (Wildman–Crippen MR) is 105 cm³/mol. The molecule has 2 N–H and O–H groups in total. The van der Waals surface area contributed by atoms with Gasteiger partial charge in [-0.3, -0.25) is 4.79 Å². The summed E-state index contributed by atoms with van der Waals surface area (Å²) < 4.78 is 11.0. The summed E-state index contributed by atoms with van der Waals surface area (Å²) in [5, 5.41) is 5.68. The van der Waals surface area contributed by atoms with Crippen molar-refractivity contribution in [1.82, 2.24) is 10.6 Å². The minimum atomic E-state index is -0.242. The van der Waals surface area contributed by atoms with Gasteiger partial charge in [0.25, 0.3) is 0 Å². The molecule has 1 saturated heterocycles. The van der Waals surface area contributed by atoms with Crippen LogP contribution in [0.4, 0.5) is 10.5 Å². The molecule has 4 rings (SSSR count). The van der Waals surface area contributed by atoms with E-state index in [0.29, 0.717) is 38.5 Å². The summed E-state index contributed by atoms with van der Waals surface area (Å²) in [6.45, 7) is 2.69. The molecule has 0 aliphatic carbocycles. The quantitative estimate of drug-likeness (QED) is 0.834. The molecule has 7 heteroatoms. The van der Waals surface area contributed by atoms with E-state index < -0.39 is 0 Å². The zero-order valence-electron chi connectivity index (χ0n) is 15.6. The molecule has 7 nitrogen and oxygen atoms in total. The van der Waals surface area contributed by atoms with Crippen molar-refractivity contribution in [2.45, 2.75) is 25.9 Å². The summed E-state index contributed by atoms with van der Waals surface area (Å²) in [6.07, 6.45) is 1.53. The number of nitrogens with one attached hydrogen (secondary N) is 2. The first kappa shape index (κ1) is 18.2. The summed E-state index contributed by atoms with van der Waals surface area (Å²) in [4.78, 5) is 25.7. The lowest BCUT2D eigenvalue weighted by molar-refractivity contribution is -0.117. The number of fused-ring (bicyclic) bond motifs is 1. The molecule has 3 amide bonds. The van der Waals surface area contributed by atoms with E-state index in [-0.39, 0.29) is 11.9 Å². The number of urea groups is 1. The molecule has 2 aromatic rings. The lowest BCUT2D eigenvalue weighted by atomic mass is 10.2. The first-order valence-electron chi connectivity index (χ1n) is 9.48. The van der Waals surface area contributed by atoms with Gasteiger partial charge in [-0.15, -0.1) is 0 Å². The van der Waals surface area contributed by atoms with Crippen molar-refractivity contribution in [2.24, 2.45) is 0 Å². The third-order valence-electron chi connectivity index (χ3n) is 4.83. The van der Waals surface area contributed by atoms with Gasteiger partial charge in [0, 0.05) is 31.7 Å². The van der Waals surface area contributed by atoms with E-state index in [0.717, 1.165) is 35.5 Å². The Hall–Kier alpha value is -3.22. The number of carbonyl (C=O) groups excluding carboxylic acids is 2. The van der Waals surface area contributed by atoms with Crippen LogP contribution in [0.25, 0.3) is 0 Å². The highest BCUT2D eigenvalue weighted by molar-refractivity contribution is 5.95. The van der Waals surface area contributed by atoms with Gasteiger partial charge in [0.15, 0.2) is 11.5 Å². The zero-order valence-corrected chi connectivity index (χ0v) is 15.6. The molecule has 2 aliphatic rings. The third-order valence-corrected chi connectivity index (χ3v) is 4.83. The van der Waals surface area contributed by atoms with E-state index >= 15 is 0 Å². The molecule has 28 heavy (non-hydrogen) atoms. The summed E-state index contributed by atoms with van der Waals surface area (Å²) in [5.74, 6) is 1.62. The lowest BCUT2D eigenvalue weighted by Gasteiger charge is -2.19. The fourth-order valence-corrected chi connectivity index (χ4v) is 3.34. The van der Waals surface area contributed by atoms with E-state index in [9.17, 15) is 9.59 Å². The Morgan fingerprint density at radius 1 is 0.929 bits per heavy atom. The first-order chi connectivity index (χ1) is 13.7. The van der Waals surface area contributed by atoms with Gasteiger partial charge in [-0.05, 0) is 41.8 Å². The topological polar surface area (TPSA) is 79.9 Å². The molecule has 0 spiro atoms. The number of anilines is 1. The predicted octanol–water partition coefficient (Wildman–Crippen LogP) is 2.58. The zero-order chi connectivity index (χ0) is 19.3. The molecule has 2 aliphatic heterocycles. The van der Waals surface area contributed by atoms with Crippen LogP contribution in [-0.4, -0.2) is 31.7 Å². The average Bonchev–Trinajstić information content (AvgIpc) is 3.17. The van der Waals surface area contributed by atoms with Gasteiger partial charge in [0.2, 0.25) is 5.91 Å². The van der Waals surface area contributed by atoms with Gasteiger partial charge in [0.05, 0.1) is 0 Å². The molecule has 2 heterocycles. The van der Waals surface area contributed by atoms with Crippen molar-refractivity contribution in [3.63, 3.8) is 0 Å². The second-order valence-corrected chi connectivity index (χ2v) is 6.83. The monoisotopic (exact) mass is 381 g/mol. The van der Waals surface area contributed by atoms with Crippen LogP contribution < -0.4 is 25.0 Å². The summed E-state index contributed by atoms with van der Waals surface area (Å²) in [6, 6.07) is 13.1. The van der Waals surface area contributed by atoms with Crippen molar-refractivity contribution in [1.29, 1.82) is 0 Å². The smallest absolute Gasteiger partial charge is 0.315 e. The molecule has 2 aromatic carbocycles. The first-order valence-corrected chi connectivity index (χ1v) is 9.48. The Bertz CT molecular complexity index is 866. The van der Waals surface area contributed by atoms with Gasteiger partial charge in [-0.25, -0.2) is 4.79 Å². The van der Waals surface area contributed by atoms with Crippen molar-refractivity contribution in [3.05, 3.63) is 53.6 Å². The maximum Gasteiger partial charge on any atom is 0.315 e. The Labute approximate surface area is 163 Å². The molecule has 0 radical (unpaired) electrons. The highest BCUT2D eigenvalue weighted by Crippen LogP contribution is 2.30. The minimum absolute atomic E-state index is 0.171. The average molecular weight is 381 g/mol. The van der Waals surface area contributed by atoms with E-state index in [1.807, 2.05) is 42.5 Å². The van der Waals surface area contributed by atoms with Gasteiger partial charge in [0.1, 0.15) is 13.2 Å². The highest BCUT2D eigenvalue weighted by atomic mass is 16.6. The van der Waals surface area contributed by atoms with Crippen molar-refractivity contribution in [3.8, 4) is 11.5 Å². The van der Waals surface area contributed by atoms with Crippen LogP contribution >= 0.6 is 0 Å². The molecule has 1 fully saturated rings. The number of amides is 3. The SMILES string of the molecule is O=C(NCc1ccc(N2CCCC2=O)cc1)NCc1ccc2c(c1)OCCO2. The molecule has 0 unspecified atom stereocenters.